The van der Waals surface area contributed by atoms with Gasteiger partial charge in [-0.25, -0.2) is 13.1 Å². The van der Waals surface area contributed by atoms with Gasteiger partial charge in [0.15, 0.2) is 0 Å². The first kappa shape index (κ1) is 15.5. The molecule has 0 aromatic heterocycles. The Morgan fingerprint density at radius 2 is 1.91 bits per heavy atom. The number of benzene rings is 1. The quantitative estimate of drug-likeness (QED) is 0.830. The third-order valence-corrected chi connectivity index (χ3v) is 5.75. The molecule has 22 heavy (non-hydrogen) atoms. The van der Waals surface area contributed by atoms with Gasteiger partial charge in [-0.15, -0.1) is 0 Å². The molecule has 0 bridgehead atoms. The van der Waals surface area contributed by atoms with Crippen molar-refractivity contribution in [2.24, 2.45) is 0 Å². The van der Waals surface area contributed by atoms with E-state index < -0.39 is 10.0 Å². The largest absolute Gasteiger partial charge is 0.337 e. The maximum Gasteiger partial charge on any atom is 0.253 e. The van der Waals surface area contributed by atoms with Gasteiger partial charge in [-0.1, -0.05) is 0 Å². The zero-order chi connectivity index (χ0) is 15.7. The van der Waals surface area contributed by atoms with Crippen molar-refractivity contribution in [1.29, 1.82) is 0 Å². The fraction of sp³-hybridized carbons (Fsp3) is 0.533. The average molecular weight is 323 g/mol. The Labute approximate surface area is 130 Å². The molecule has 0 spiro atoms. The molecule has 6 nitrogen and oxygen atoms in total. The number of hydrogen-bond acceptors (Lipinski definition) is 4. The van der Waals surface area contributed by atoms with Crippen LogP contribution < -0.4 is 10.0 Å². The second-order valence-electron chi connectivity index (χ2n) is 5.98. The Morgan fingerprint density at radius 1 is 1.23 bits per heavy atom. The van der Waals surface area contributed by atoms with Crippen LogP contribution in [0.2, 0.25) is 0 Å². The summed E-state index contributed by atoms with van der Waals surface area (Å²) >= 11 is 0. The monoisotopic (exact) mass is 323 g/mol. The summed E-state index contributed by atoms with van der Waals surface area (Å²) in [5.74, 6) is -0.0761. The molecule has 120 valence electrons. The lowest BCUT2D eigenvalue weighted by molar-refractivity contribution is 0.0743. The molecule has 1 aliphatic heterocycles. The highest BCUT2D eigenvalue weighted by Crippen LogP contribution is 2.22. The van der Waals surface area contributed by atoms with E-state index in [1.54, 1.807) is 24.1 Å². The van der Waals surface area contributed by atoms with Crippen molar-refractivity contribution >= 4 is 15.9 Å². The molecule has 1 aliphatic carbocycles. The third-order valence-electron chi connectivity index (χ3n) is 4.21. The summed E-state index contributed by atoms with van der Waals surface area (Å²) in [6.45, 7) is 1.73. The first-order valence-corrected chi connectivity index (χ1v) is 9.06. The highest BCUT2D eigenvalue weighted by atomic mass is 32.2. The van der Waals surface area contributed by atoms with E-state index in [0.29, 0.717) is 5.56 Å². The van der Waals surface area contributed by atoms with E-state index in [1.807, 2.05) is 0 Å². The van der Waals surface area contributed by atoms with Crippen LogP contribution >= 0.6 is 0 Å². The second-order valence-corrected chi connectivity index (χ2v) is 7.70. The summed E-state index contributed by atoms with van der Waals surface area (Å²) in [6, 6.07) is 6.45. The van der Waals surface area contributed by atoms with Gasteiger partial charge >= 0.3 is 0 Å². The van der Waals surface area contributed by atoms with Gasteiger partial charge in [0.25, 0.3) is 5.91 Å². The van der Waals surface area contributed by atoms with Gasteiger partial charge in [-0.2, -0.15) is 0 Å². The lowest BCUT2D eigenvalue weighted by Crippen LogP contribution is -2.38. The normalized spacial score (nSPS) is 21.8. The summed E-state index contributed by atoms with van der Waals surface area (Å²) < 4.78 is 26.8. The number of amides is 1. The van der Waals surface area contributed by atoms with Crippen molar-refractivity contribution in [3.63, 3.8) is 0 Å². The van der Waals surface area contributed by atoms with Gasteiger partial charge in [0, 0.05) is 31.2 Å². The molecule has 2 N–H and O–H groups in total. The van der Waals surface area contributed by atoms with E-state index in [9.17, 15) is 13.2 Å². The predicted molar refractivity (Wildman–Crippen MR) is 83.2 cm³/mol. The van der Waals surface area contributed by atoms with Crippen LogP contribution in [0.5, 0.6) is 0 Å². The first-order chi connectivity index (χ1) is 10.5. The molecule has 1 unspecified atom stereocenters. The number of nitrogens with zero attached hydrogens (tertiary/aromatic N) is 1. The fourth-order valence-electron chi connectivity index (χ4n) is 2.60. The van der Waals surface area contributed by atoms with Crippen LogP contribution in [0.15, 0.2) is 29.2 Å². The Bertz CT molecular complexity index is 647. The van der Waals surface area contributed by atoms with Crippen molar-refractivity contribution in [2.45, 2.75) is 36.2 Å². The van der Waals surface area contributed by atoms with E-state index >= 15 is 0 Å². The maximum absolute atomic E-state index is 12.4. The van der Waals surface area contributed by atoms with Crippen LogP contribution in [0.4, 0.5) is 0 Å². The zero-order valence-corrected chi connectivity index (χ0v) is 13.4. The number of likely N-dealkylation sites (N-methyl/N-ethyl adjacent to an activating group) is 1. The van der Waals surface area contributed by atoms with Crippen molar-refractivity contribution in [2.75, 3.05) is 20.1 Å². The summed E-state index contributed by atoms with van der Waals surface area (Å²) in [4.78, 5) is 14.4. The van der Waals surface area contributed by atoms with Crippen LogP contribution in [0.1, 0.15) is 29.6 Å². The lowest BCUT2D eigenvalue weighted by Gasteiger charge is -2.23. The van der Waals surface area contributed by atoms with Crippen LogP contribution in [0.3, 0.4) is 0 Å². The second kappa shape index (κ2) is 5.98. The molecular formula is C15H21N3O3S. The Morgan fingerprint density at radius 3 is 2.45 bits per heavy atom. The van der Waals surface area contributed by atoms with Gasteiger partial charge in [0.2, 0.25) is 10.0 Å². The van der Waals surface area contributed by atoms with Gasteiger partial charge in [-0.05, 0) is 50.1 Å². The number of carbonyl (C=O) groups is 1. The SMILES string of the molecule is CN(C(=O)c1ccc(S(=O)(=O)NC2CC2)cc1)C1CCNC1. The lowest BCUT2D eigenvalue weighted by atomic mass is 10.1. The molecular weight excluding hydrogens is 302 g/mol. The molecule has 3 rings (SSSR count). The van der Waals surface area contributed by atoms with E-state index in [4.69, 9.17) is 0 Å². The number of nitrogens with one attached hydrogen (secondary N) is 2. The molecule has 1 amide bonds. The van der Waals surface area contributed by atoms with E-state index in [0.717, 1.165) is 32.4 Å². The van der Waals surface area contributed by atoms with Gasteiger partial charge < -0.3 is 10.2 Å². The molecule has 1 aromatic carbocycles. The molecule has 1 saturated carbocycles. The molecule has 2 fully saturated rings. The molecule has 1 atom stereocenters. The van der Waals surface area contributed by atoms with Crippen molar-refractivity contribution in [3.05, 3.63) is 29.8 Å². The smallest absolute Gasteiger partial charge is 0.253 e. The van der Waals surface area contributed by atoms with Gasteiger partial charge in [-0.3, -0.25) is 4.79 Å². The topological polar surface area (TPSA) is 78.5 Å². The predicted octanol–water partition coefficient (Wildman–Crippen LogP) is 0.561. The summed E-state index contributed by atoms with van der Waals surface area (Å²) in [5, 5.41) is 3.23. The van der Waals surface area contributed by atoms with E-state index in [2.05, 4.69) is 10.0 Å². The standard InChI is InChI=1S/C15H21N3O3S/c1-18(13-8-9-16-10-13)15(19)11-2-6-14(7-3-11)22(20,21)17-12-4-5-12/h2-3,6-7,12-13,16-17H,4-5,8-10H2,1H3. The third kappa shape index (κ3) is 3.31. The highest BCUT2D eigenvalue weighted by molar-refractivity contribution is 7.89. The minimum absolute atomic E-state index is 0.0761. The number of hydrogen-bond donors (Lipinski definition) is 2. The van der Waals surface area contributed by atoms with Crippen LogP contribution in [-0.4, -0.2) is 51.4 Å². The van der Waals surface area contributed by atoms with Crippen LogP contribution in [-0.2, 0) is 10.0 Å². The number of sulfonamides is 1. The molecule has 1 saturated heterocycles. The van der Waals surface area contributed by atoms with Crippen molar-refractivity contribution in [3.8, 4) is 0 Å². The average Bonchev–Trinajstić information content (AvgIpc) is 3.14. The molecule has 1 aromatic rings. The minimum atomic E-state index is -3.46. The van der Waals surface area contributed by atoms with E-state index in [1.165, 1.54) is 12.1 Å². The first-order valence-electron chi connectivity index (χ1n) is 7.57. The molecule has 7 heteroatoms. The highest BCUT2D eigenvalue weighted by Gasteiger charge is 2.28. The van der Waals surface area contributed by atoms with Crippen molar-refractivity contribution in [1.82, 2.24) is 14.9 Å². The summed E-state index contributed by atoms with van der Waals surface area (Å²) in [7, 11) is -1.67. The summed E-state index contributed by atoms with van der Waals surface area (Å²) in [6.07, 6.45) is 2.74. The molecule has 2 aliphatic rings. The Hall–Kier alpha value is -1.44. The molecule has 1 heterocycles. The van der Waals surface area contributed by atoms with Crippen LogP contribution in [0, 0.1) is 0 Å². The van der Waals surface area contributed by atoms with Gasteiger partial charge in [0.05, 0.1) is 4.90 Å². The number of carbonyl (C=O) groups excluding carboxylic acids is 1. The Balaban J connectivity index is 1.71. The van der Waals surface area contributed by atoms with E-state index in [-0.39, 0.29) is 22.9 Å². The fourth-order valence-corrected chi connectivity index (χ4v) is 3.91. The molecule has 0 radical (unpaired) electrons. The Kier molecular flexibility index (Phi) is 4.20. The number of rotatable bonds is 5. The van der Waals surface area contributed by atoms with Crippen LogP contribution in [0.25, 0.3) is 0 Å². The zero-order valence-electron chi connectivity index (χ0n) is 12.6. The van der Waals surface area contributed by atoms with Crippen molar-refractivity contribution < 1.29 is 13.2 Å². The maximum atomic E-state index is 12.4. The minimum Gasteiger partial charge on any atom is -0.337 e. The summed E-state index contributed by atoms with van der Waals surface area (Å²) in [5.41, 5.74) is 0.514. The van der Waals surface area contributed by atoms with Gasteiger partial charge in [0.1, 0.15) is 0 Å².